The molecule has 2 amide bonds. The highest BCUT2D eigenvalue weighted by Gasteiger charge is 2.27. The van der Waals surface area contributed by atoms with E-state index in [9.17, 15) is 9.59 Å². The number of ether oxygens (including phenoxy) is 2. The molecule has 1 heterocycles. The quantitative estimate of drug-likeness (QED) is 0.888. The highest BCUT2D eigenvalue weighted by molar-refractivity contribution is 5.94. The molecule has 1 N–H and O–H groups in total. The van der Waals surface area contributed by atoms with Gasteiger partial charge in [-0.05, 0) is 38.1 Å². The standard InChI is InChI=1S/C17H25N3O4/c1-4-24-17(22)20-11-9-19(10-12-20)13(2)16(21)18-14-5-7-15(23-3)8-6-14/h5-8,13H,4,9-12H2,1-3H3,(H,18,21)/t13-/m1/s1. The van der Waals surface area contributed by atoms with Gasteiger partial charge in [0.05, 0.1) is 19.8 Å². The number of amides is 2. The van der Waals surface area contributed by atoms with E-state index < -0.39 is 0 Å². The zero-order chi connectivity index (χ0) is 17.5. The van der Waals surface area contributed by atoms with Crippen LogP contribution in [0.4, 0.5) is 10.5 Å². The summed E-state index contributed by atoms with van der Waals surface area (Å²) in [6.07, 6.45) is -0.285. The van der Waals surface area contributed by atoms with Gasteiger partial charge in [-0.15, -0.1) is 0 Å². The van der Waals surface area contributed by atoms with Gasteiger partial charge in [-0.2, -0.15) is 0 Å². The van der Waals surface area contributed by atoms with Crippen LogP contribution in [0.5, 0.6) is 5.75 Å². The van der Waals surface area contributed by atoms with Crippen LogP contribution < -0.4 is 10.1 Å². The van der Waals surface area contributed by atoms with E-state index in [0.717, 1.165) is 11.4 Å². The van der Waals surface area contributed by atoms with Crippen molar-refractivity contribution in [2.24, 2.45) is 0 Å². The average molecular weight is 335 g/mol. The molecule has 1 aliphatic heterocycles. The zero-order valence-corrected chi connectivity index (χ0v) is 14.4. The first-order valence-corrected chi connectivity index (χ1v) is 8.15. The minimum Gasteiger partial charge on any atom is -0.497 e. The van der Waals surface area contributed by atoms with E-state index in [1.165, 1.54) is 0 Å². The molecular formula is C17H25N3O4. The first-order chi connectivity index (χ1) is 11.5. The number of nitrogens with one attached hydrogen (secondary N) is 1. The third-order valence-electron chi connectivity index (χ3n) is 4.12. The van der Waals surface area contributed by atoms with Crippen molar-refractivity contribution in [2.45, 2.75) is 19.9 Å². The second-order valence-corrected chi connectivity index (χ2v) is 5.62. The van der Waals surface area contributed by atoms with Gasteiger partial charge in [0, 0.05) is 31.9 Å². The van der Waals surface area contributed by atoms with Crippen molar-refractivity contribution in [1.29, 1.82) is 0 Å². The number of hydrogen-bond acceptors (Lipinski definition) is 5. The number of hydrogen-bond donors (Lipinski definition) is 1. The monoisotopic (exact) mass is 335 g/mol. The normalized spacial score (nSPS) is 16.4. The molecular weight excluding hydrogens is 310 g/mol. The van der Waals surface area contributed by atoms with Gasteiger partial charge in [0.25, 0.3) is 0 Å². The summed E-state index contributed by atoms with van der Waals surface area (Å²) < 4.78 is 10.1. The summed E-state index contributed by atoms with van der Waals surface area (Å²) >= 11 is 0. The van der Waals surface area contributed by atoms with Crippen LogP contribution in [0.25, 0.3) is 0 Å². The van der Waals surface area contributed by atoms with Gasteiger partial charge < -0.3 is 19.7 Å². The van der Waals surface area contributed by atoms with Crippen molar-refractivity contribution in [3.63, 3.8) is 0 Å². The predicted molar refractivity (Wildman–Crippen MR) is 91.3 cm³/mol. The molecule has 0 spiro atoms. The molecule has 1 aromatic carbocycles. The maximum absolute atomic E-state index is 12.4. The molecule has 1 fully saturated rings. The summed E-state index contributed by atoms with van der Waals surface area (Å²) in [7, 11) is 1.60. The number of methoxy groups -OCH3 is 1. The van der Waals surface area contributed by atoms with Crippen molar-refractivity contribution in [1.82, 2.24) is 9.80 Å². The Morgan fingerprint density at radius 3 is 2.33 bits per heavy atom. The van der Waals surface area contributed by atoms with E-state index in [2.05, 4.69) is 10.2 Å². The Balaban J connectivity index is 1.84. The van der Waals surface area contributed by atoms with E-state index in [1.54, 1.807) is 31.1 Å². The summed E-state index contributed by atoms with van der Waals surface area (Å²) in [5.74, 6) is 0.681. The number of anilines is 1. The highest BCUT2D eigenvalue weighted by Crippen LogP contribution is 2.16. The number of piperazine rings is 1. The summed E-state index contributed by atoms with van der Waals surface area (Å²) in [5, 5.41) is 2.90. The van der Waals surface area contributed by atoms with Crippen LogP contribution >= 0.6 is 0 Å². The molecule has 7 nitrogen and oxygen atoms in total. The lowest BCUT2D eigenvalue weighted by molar-refractivity contribution is -0.121. The molecule has 0 saturated carbocycles. The molecule has 0 radical (unpaired) electrons. The van der Waals surface area contributed by atoms with Crippen LogP contribution in [0.3, 0.4) is 0 Å². The highest BCUT2D eigenvalue weighted by atomic mass is 16.6. The van der Waals surface area contributed by atoms with Crippen molar-refractivity contribution in [2.75, 3.05) is 45.2 Å². The average Bonchev–Trinajstić information content (AvgIpc) is 2.62. The summed E-state index contributed by atoms with van der Waals surface area (Å²) in [4.78, 5) is 27.8. The van der Waals surface area contributed by atoms with Crippen LogP contribution in [-0.4, -0.2) is 67.7 Å². The fourth-order valence-corrected chi connectivity index (χ4v) is 2.59. The largest absolute Gasteiger partial charge is 0.497 e. The van der Waals surface area contributed by atoms with Crippen LogP contribution in [0.1, 0.15) is 13.8 Å². The number of carbonyl (C=O) groups is 2. The Bertz CT molecular complexity index is 553. The molecule has 0 aromatic heterocycles. The Labute approximate surface area is 142 Å². The van der Waals surface area contributed by atoms with Gasteiger partial charge in [0.2, 0.25) is 5.91 Å². The van der Waals surface area contributed by atoms with Gasteiger partial charge in [-0.1, -0.05) is 0 Å². The minimum absolute atomic E-state index is 0.0650. The van der Waals surface area contributed by atoms with E-state index in [4.69, 9.17) is 9.47 Å². The molecule has 0 unspecified atom stereocenters. The molecule has 1 aromatic rings. The second-order valence-electron chi connectivity index (χ2n) is 5.62. The summed E-state index contributed by atoms with van der Waals surface area (Å²) in [5.41, 5.74) is 0.734. The molecule has 132 valence electrons. The molecule has 1 atom stereocenters. The molecule has 7 heteroatoms. The van der Waals surface area contributed by atoms with Gasteiger partial charge in [0.15, 0.2) is 0 Å². The van der Waals surface area contributed by atoms with Gasteiger partial charge in [-0.25, -0.2) is 4.79 Å². The van der Waals surface area contributed by atoms with Crippen LogP contribution in [0.2, 0.25) is 0 Å². The number of rotatable bonds is 5. The van der Waals surface area contributed by atoms with Crippen LogP contribution in [0.15, 0.2) is 24.3 Å². The molecule has 2 rings (SSSR count). The Morgan fingerprint density at radius 1 is 1.17 bits per heavy atom. The smallest absolute Gasteiger partial charge is 0.409 e. The van der Waals surface area contributed by atoms with Crippen molar-refractivity contribution in [3.8, 4) is 5.75 Å². The third-order valence-corrected chi connectivity index (χ3v) is 4.12. The molecule has 24 heavy (non-hydrogen) atoms. The molecule has 0 bridgehead atoms. The number of nitrogens with zero attached hydrogens (tertiary/aromatic N) is 2. The topological polar surface area (TPSA) is 71.1 Å². The summed E-state index contributed by atoms with van der Waals surface area (Å²) in [6, 6.07) is 6.96. The Hall–Kier alpha value is -2.28. The second kappa shape index (κ2) is 8.54. The van der Waals surface area contributed by atoms with Crippen LogP contribution in [0, 0.1) is 0 Å². The SMILES string of the molecule is CCOC(=O)N1CCN([C@H](C)C(=O)Nc2ccc(OC)cc2)CC1. The molecule has 0 aliphatic carbocycles. The minimum atomic E-state index is -0.285. The number of carbonyl (C=O) groups excluding carboxylic acids is 2. The Kier molecular flexibility index (Phi) is 6.43. The predicted octanol–water partition coefficient (Wildman–Crippen LogP) is 1.80. The third kappa shape index (κ3) is 4.61. The van der Waals surface area contributed by atoms with Crippen molar-refractivity contribution in [3.05, 3.63) is 24.3 Å². The van der Waals surface area contributed by atoms with E-state index in [0.29, 0.717) is 32.8 Å². The van der Waals surface area contributed by atoms with Crippen molar-refractivity contribution >= 4 is 17.7 Å². The molecule has 1 aliphatic rings. The lowest BCUT2D eigenvalue weighted by atomic mass is 10.2. The van der Waals surface area contributed by atoms with Gasteiger partial charge >= 0.3 is 6.09 Å². The fraction of sp³-hybridized carbons (Fsp3) is 0.529. The first kappa shape index (κ1) is 18.1. The van der Waals surface area contributed by atoms with E-state index in [-0.39, 0.29) is 18.0 Å². The maximum Gasteiger partial charge on any atom is 0.409 e. The van der Waals surface area contributed by atoms with Crippen molar-refractivity contribution < 1.29 is 19.1 Å². The van der Waals surface area contributed by atoms with E-state index >= 15 is 0 Å². The van der Waals surface area contributed by atoms with Gasteiger partial charge in [0.1, 0.15) is 5.75 Å². The Morgan fingerprint density at radius 2 is 1.79 bits per heavy atom. The summed E-state index contributed by atoms with van der Waals surface area (Å²) in [6.45, 7) is 6.47. The first-order valence-electron chi connectivity index (χ1n) is 8.15. The lowest BCUT2D eigenvalue weighted by Crippen LogP contribution is -2.54. The van der Waals surface area contributed by atoms with Gasteiger partial charge in [-0.3, -0.25) is 9.69 Å². The van der Waals surface area contributed by atoms with E-state index in [1.807, 2.05) is 19.1 Å². The number of benzene rings is 1. The van der Waals surface area contributed by atoms with Crippen LogP contribution in [-0.2, 0) is 9.53 Å². The fourth-order valence-electron chi connectivity index (χ4n) is 2.59. The maximum atomic E-state index is 12.4. The lowest BCUT2D eigenvalue weighted by Gasteiger charge is -2.36. The zero-order valence-electron chi connectivity index (χ0n) is 14.4. The molecule has 1 saturated heterocycles.